The van der Waals surface area contributed by atoms with E-state index in [-0.39, 0.29) is 24.0 Å². The van der Waals surface area contributed by atoms with Crippen molar-refractivity contribution in [3.8, 4) is 5.75 Å². The molecule has 0 amide bonds. The summed E-state index contributed by atoms with van der Waals surface area (Å²) in [6.45, 7) is 3.43. The van der Waals surface area contributed by atoms with E-state index in [1.54, 1.807) is 6.20 Å². The molecule has 0 bridgehead atoms. The first kappa shape index (κ1) is 16.8. The molecule has 118 valence electrons. The third kappa shape index (κ3) is 4.46. The van der Waals surface area contributed by atoms with Gasteiger partial charge in [-0.2, -0.15) is 0 Å². The molecule has 6 heteroatoms. The number of benzene rings is 1. The first-order valence-electron chi connectivity index (χ1n) is 7.42. The Balaban J connectivity index is 0.00000176. The van der Waals surface area contributed by atoms with Gasteiger partial charge in [-0.05, 0) is 25.0 Å². The van der Waals surface area contributed by atoms with Crippen molar-refractivity contribution in [1.82, 2.24) is 15.6 Å². The molecule has 1 aliphatic rings. The van der Waals surface area contributed by atoms with Crippen molar-refractivity contribution in [2.75, 3.05) is 26.2 Å². The van der Waals surface area contributed by atoms with E-state index in [1.165, 1.54) is 0 Å². The molecule has 0 saturated carbocycles. The summed E-state index contributed by atoms with van der Waals surface area (Å²) in [6, 6.07) is 10.00. The van der Waals surface area contributed by atoms with Gasteiger partial charge >= 0.3 is 0 Å². The minimum atomic E-state index is 0. The lowest BCUT2D eigenvalue weighted by atomic mass is 10.2. The van der Waals surface area contributed by atoms with Crippen LogP contribution >= 0.6 is 24.0 Å². The lowest BCUT2D eigenvalue weighted by molar-refractivity contribution is 0.314. The molecule has 1 aromatic carbocycles. The number of rotatable bonds is 5. The van der Waals surface area contributed by atoms with Gasteiger partial charge in [0.15, 0.2) is 5.96 Å². The smallest absolute Gasteiger partial charge is 0.191 e. The standard InChI is InChI=1S/C16H20N4O.HI/c1-5-13-6-2-8-17-15(13)14(7-1)21-12-4-11-20-16-18-9-3-10-19-16;/h1-2,5-8H,3-4,9-12H2,(H2,18,19,20);1H. The molecule has 0 spiro atoms. The van der Waals surface area contributed by atoms with Gasteiger partial charge in [-0.15, -0.1) is 24.0 Å². The van der Waals surface area contributed by atoms with E-state index < -0.39 is 0 Å². The summed E-state index contributed by atoms with van der Waals surface area (Å²) < 4.78 is 5.85. The lowest BCUT2D eigenvalue weighted by Gasteiger charge is -2.16. The molecule has 2 heterocycles. The number of guanidine groups is 1. The second-order valence-corrected chi connectivity index (χ2v) is 4.97. The fraction of sp³-hybridized carbons (Fsp3) is 0.375. The van der Waals surface area contributed by atoms with Gasteiger partial charge in [0.2, 0.25) is 0 Å². The Morgan fingerprint density at radius 2 is 2.14 bits per heavy atom. The van der Waals surface area contributed by atoms with Crippen molar-refractivity contribution in [1.29, 1.82) is 0 Å². The third-order valence-electron chi connectivity index (χ3n) is 3.36. The number of pyridine rings is 1. The Morgan fingerprint density at radius 1 is 1.23 bits per heavy atom. The van der Waals surface area contributed by atoms with Gasteiger partial charge in [-0.25, -0.2) is 0 Å². The van der Waals surface area contributed by atoms with Crippen molar-refractivity contribution in [3.05, 3.63) is 36.5 Å². The van der Waals surface area contributed by atoms with E-state index in [4.69, 9.17) is 4.74 Å². The first-order valence-corrected chi connectivity index (χ1v) is 7.42. The predicted molar refractivity (Wildman–Crippen MR) is 100 cm³/mol. The number of ether oxygens (including phenoxy) is 1. The Kier molecular flexibility index (Phi) is 6.70. The number of nitrogens with zero attached hydrogens (tertiary/aromatic N) is 2. The highest BCUT2D eigenvalue weighted by atomic mass is 127. The Hall–Kier alpha value is -1.57. The first-order chi connectivity index (χ1) is 10.4. The van der Waals surface area contributed by atoms with E-state index in [2.05, 4.69) is 20.6 Å². The van der Waals surface area contributed by atoms with Gasteiger partial charge in [0.25, 0.3) is 0 Å². The topological polar surface area (TPSA) is 58.5 Å². The number of hydrogen-bond acceptors (Lipinski definition) is 5. The SMILES string of the molecule is I.c1cnc2c(OCCCNC3=NCCCN3)cccc2c1. The molecule has 5 nitrogen and oxygen atoms in total. The Labute approximate surface area is 147 Å². The summed E-state index contributed by atoms with van der Waals surface area (Å²) in [7, 11) is 0. The van der Waals surface area contributed by atoms with Crippen LogP contribution in [-0.4, -0.2) is 37.2 Å². The number of nitrogens with one attached hydrogen (secondary N) is 2. The highest BCUT2D eigenvalue weighted by molar-refractivity contribution is 14.0. The summed E-state index contributed by atoms with van der Waals surface area (Å²) in [5.41, 5.74) is 0.922. The molecule has 22 heavy (non-hydrogen) atoms. The Morgan fingerprint density at radius 3 is 3.00 bits per heavy atom. The van der Waals surface area contributed by atoms with Crippen LogP contribution in [0, 0.1) is 0 Å². The number of hydrogen-bond donors (Lipinski definition) is 2. The van der Waals surface area contributed by atoms with Gasteiger partial charge in [-0.3, -0.25) is 9.98 Å². The van der Waals surface area contributed by atoms with Gasteiger partial charge in [0.1, 0.15) is 11.3 Å². The monoisotopic (exact) mass is 412 g/mol. The number of aliphatic imine (C=N–C) groups is 1. The molecule has 1 aliphatic heterocycles. The highest BCUT2D eigenvalue weighted by Gasteiger charge is 2.04. The molecule has 3 rings (SSSR count). The number of halogens is 1. The molecule has 2 aromatic rings. The van der Waals surface area contributed by atoms with Crippen LogP contribution in [0.15, 0.2) is 41.5 Å². The second-order valence-electron chi connectivity index (χ2n) is 4.97. The van der Waals surface area contributed by atoms with Crippen molar-refractivity contribution in [3.63, 3.8) is 0 Å². The van der Waals surface area contributed by atoms with Crippen LogP contribution in [0.1, 0.15) is 12.8 Å². The van der Waals surface area contributed by atoms with E-state index in [9.17, 15) is 0 Å². The van der Waals surface area contributed by atoms with Crippen molar-refractivity contribution < 1.29 is 4.74 Å². The zero-order chi connectivity index (χ0) is 14.3. The zero-order valence-corrected chi connectivity index (χ0v) is 14.7. The average molecular weight is 412 g/mol. The summed E-state index contributed by atoms with van der Waals surface area (Å²) >= 11 is 0. The van der Waals surface area contributed by atoms with Gasteiger partial charge < -0.3 is 15.4 Å². The van der Waals surface area contributed by atoms with E-state index in [0.29, 0.717) is 6.61 Å². The van der Waals surface area contributed by atoms with Crippen LogP contribution < -0.4 is 15.4 Å². The van der Waals surface area contributed by atoms with Crippen LogP contribution in [0.5, 0.6) is 5.75 Å². The molecule has 0 fully saturated rings. The summed E-state index contributed by atoms with van der Waals surface area (Å²) in [5, 5.41) is 7.63. The van der Waals surface area contributed by atoms with Crippen molar-refractivity contribution in [2.45, 2.75) is 12.8 Å². The van der Waals surface area contributed by atoms with Gasteiger partial charge in [0, 0.05) is 31.2 Å². The molecule has 0 saturated heterocycles. The minimum absolute atomic E-state index is 0. The predicted octanol–water partition coefficient (Wildman–Crippen LogP) is 2.56. The molecule has 0 atom stereocenters. The van der Waals surface area contributed by atoms with E-state index in [0.717, 1.165) is 55.1 Å². The number of fused-ring (bicyclic) bond motifs is 1. The maximum Gasteiger partial charge on any atom is 0.191 e. The molecular weight excluding hydrogens is 391 g/mol. The van der Waals surface area contributed by atoms with Crippen molar-refractivity contribution in [2.24, 2.45) is 4.99 Å². The quantitative estimate of drug-likeness (QED) is 0.586. The fourth-order valence-corrected chi connectivity index (χ4v) is 2.30. The van der Waals surface area contributed by atoms with Crippen LogP contribution in [0.3, 0.4) is 0 Å². The number of para-hydroxylation sites is 1. The largest absolute Gasteiger partial charge is 0.491 e. The van der Waals surface area contributed by atoms with Crippen LogP contribution in [0.25, 0.3) is 10.9 Å². The third-order valence-corrected chi connectivity index (χ3v) is 3.36. The van der Waals surface area contributed by atoms with Gasteiger partial charge in [0.05, 0.1) is 6.61 Å². The molecule has 0 aliphatic carbocycles. The lowest BCUT2D eigenvalue weighted by Crippen LogP contribution is -2.41. The average Bonchev–Trinajstić information content (AvgIpc) is 2.56. The maximum atomic E-state index is 5.85. The molecule has 0 radical (unpaired) electrons. The van der Waals surface area contributed by atoms with Crippen molar-refractivity contribution >= 4 is 40.8 Å². The molecule has 1 aromatic heterocycles. The summed E-state index contributed by atoms with van der Waals surface area (Å²) in [4.78, 5) is 8.75. The number of aromatic nitrogens is 1. The normalized spacial score (nSPS) is 13.7. The van der Waals surface area contributed by atoms with Gasteiger partial charge in [-0.1, -0.05) is 18.2 Å². The van der Waals surface area contributed by atoms with Crippen LogP contribution in [-0.2, 0) is 0 Å². The second kappa shape index (κ2) is 8.77. The highest BCUT2D eigenvalue weighted by Crippen LogP contribution is 2.22. The molecular formula is C16H21IN4O. The Bertz CT molecular complexity index is 627. The summed E-state index contributed by atoms with van der Waals surface area (Å²) in [6.07, 6.45) is 3.83. The fourth-order valence-electron chi connectivity index (χ4n) is 2.30. The van der Waals surface area contributed by atoms with E-state index in [1.807, 2.05) is 30.3 Å². The molecule has 0 unspecified atom stereocenters. The zero-order valence-electron chi connectivity index (χ0n) is 12.4. The summed E-state index contributed by atoms with van der Waals surface area (Å²) in [5.74, 6) is 1.76. The minimum Gasteiger partial charge on any atom is -0.491 e. The van der Waals surface area contributed by atoms with E-state index >= 15 is 0 Å². The van der Waals surface area contributed by atoms with Crippen LogP contribution in [0.4, 0.5) is 0 Å². The van der Waals surface area contributed by atoms with Crippen LogP contribution in [0.2, 0.25) is 0 Å². The maximum absolute atomic E-state index is 5.85. The molecule has 2 N–H and O–H groups in total.